The maximum absolute atomic E-state index is 12.1. The van der Waals surface area contributed by atoms with Crippen molar-refractivity contribution in [1.29, 1.82) is 5.26 Å². The summed E-state index contributed by atoms with van der Waals surface area (Å²) in [6, 6.07) is 8.69. The van der Waals surface area contributed by atoms with Crippen molar-refractivity contribution >= 4 is 17.1 Å². The van der Waals surface area contributed by atoms with Crippen molar-refractivity contribution in [3.8, 4) is 23.2 Å². The number of nitrogens with zero attached hydrogens (tertiary/aromatic N) is 4. The van der Waals surface area contributed by atoms with Crippen molar-refractivity contribution in [2.24, 2.45) is 5.92 Å². The van der Waals surface area contributed by atoms with Gasteiger partial charge in [0.15, 0.2) is 17.5 Å². The van der Waals surface area contributed by atoms with Crippen molar-refractivity contribution in [3.63, 3.8) is 0 Å². The lowest BCUT2D eigenvalue weighted by molar-refractivity contribution is -0.135. The third kappa shape index (κ3) is 5.05. The molecule has 33 heavy (non-hydrogen) atoms. The Labute approximate surface area is 191 Å². The second kappa shape index (κ2) is 10.2. The lowest BCUT2D eigenvalue weighted by Crippen LogP contribution is -2.13. The van der Waals surface area contributed by atoms with E-state index in [1.54, 1.807) is 37.3 Å². The van der Waals surface area contributed by atoms with Gasteiger partial charge in [0.05, 0.1) is 35.8 Å². The van der Waals surface area contributed by atoms with Crippen molar-refractivity contribution < 1.29 is 19.7 Å². The molecule has 1 aliphatic rings. The summed E-state index contributed by atoms with van der Waals surface area (Å²) in [4.78, 5) is 25.6. The number of para-hydroxylation sites is 1. The molecule has 8 heteroatoms. The summed E-state index contributed by atoms with van der Waals surface area (Å²) in [5, 5.41) is 30.3. The molecule has 1 heterocycles. The maximum Gasteiger partial charge on any atom is 0.337 e. The fourth-order valence-electron chi connectivity index (χ4n) is 3.27. The molecule has 2 N–H and O–H groups in total. The third-order valence-electron chi connectivity index (χ3n) is 4.85. The van der Waals surface area contributed by atoms with Crippen LogP contribution in [-0.4, -0.2) is 38.2 Å². The predicted octanol–water partition coefficient (Wildman–Crippen LogP) is 4.30. The number of aliphatic hydroxyl groups is 1. The minimum Gasteiger partial charge on any atom is -0.507 e. The molecule has 0 bridgehead atoms. The SMILES string of the molecule is C=C/C(=C(O)\C=C/C)c1nc(C2=CC(C(=O)OC)=CC(C#N)C2)nc(-c2ccccc2O)n1. The third-order valence-corrected chi connectivity index (χ3v) is 4.85. The van der Waals surface area contributed by atoms with Gasteiger partial charge in [0.25, 0.3) is 0 Å². The molecule has 0 spiro atoms. The zero-order valence-corrected chi connectivity index (χ0v) is 18.2. The molecule has 1 aromatic carbocycles. The van der Waals surface area contributed by atoms with Gasteiger partial charge in [0.2, 0.25) is 0 Å². The number of phenolic OH excluding ortho intramolecular Hbond substituents is 1. The number of rotatable bonds is 6. The summed E-state index contributed by atoms with van der Waals surface area (Å²) < 4.78 is 4.80. The van der Waals surface area contributed by atoms with Crippen LogP contribution in [0.4, 0.5) is 0 Å². The molecule has 0 saturated carbocycles. The zero-order valence-electron chi connectivity index (χ0n) is 18.2. The van der Waals surface area contributed by atoms with Crippen LogP contribution in [-0.2, 0) is 9.53 Å². The number of methoxy groups -OCH3 is 1. The van der Waals surface area contributed by atoms with E-state index in [0.29, 0.717) is 11.1 Å². The van der Waals surface area contributed by atoms with Crippen LogP contribution in [0.1, 0.15) is 25.0 Å². The smallest absolute Gasteiger partial charge is 0.337 e. The molecule has 8 nitrogen and oxygen atoms in total. The molecule has 0 fully saturated rings. The summed E-state index contributed by atoms with van der Waals surface area (Å²) in [6.45, 7) is 5.49. The van der Waals surface area contributed by atoms with E-state index in [0.717, 1.165) is 0 Å². The Kier molecular flexibility index (Phi) is 7.16. The van der Waals surface area contributed by atoms with Crippen LogP contribution < -0.4 is 0 Å². The van der Waals surface area contributed by atoms with E-state index in [4.69, 9.17) is 4.74 Å². The molecule has 166 valence electrons. The van der Waals surface area contributed by atoms with Gasteiger partial charge in [-0.3, -0.25) is 0 Å². The fourth-order valence-corrected chi connectivity index (χ4v) is 3.27. The Hall–Kier alpha value is -4.51. The molecule has 0 amide bonds. The number of esters is 1. The van der Waals surface area contributed by atoms with Gasteiger partial charge in [-0.05, 0) is 43.2 Å². The monoisotopic (exact) mass is 442 g/mol. The summed E-state index contributed by atoms with van der Waals surface area (Å²) in [6.07, 6.45) is 7.90. The van der Waals surface area contributed by atoms with Gasteiger partial charge in [0, 0.05) is 0 Å². The second-order valence-corrected chi connectivity index (χ2v) is 7.05. The molecule has 3 rings (SSSR count). The lowest BCUT2D eigenvalue weighted by Gasteiger charge is -2.17. The number of nitriles is 1. The average molecular weight is 442 g/mol. The summed E-state index contributed by atoms with van der Waals surface area (Å²) in [5.41, 5.74) is 1.34. The number of aromatic nitrogens is 3. The molecule has 1 aromatic heterocycles. The first-order valence-electron chi connectivity index (χ1n) is 10.1. The van der Waals surface area contributed by atoms with Crippen LogP contribution in [0.2, 0.25) is 0 Å². The summed E-state index contributed by atoms with van der Waals surface area (Å²) in [7, 11) is 1.26. The maximum atomic E-state index is 12.1. The van der Waals surface area contributed by atoms with E-state index >= 15 is 0 Å². The van der Waals surface area contributed by atoms with Gasteiger partial charge in [-0.2, -0.15) is 5.26 Å². The van der Waals surface area contributed by atoms with Gasteiger partial charge < -0.3 is 14.9 Å². The first-order valence-corrected chi connectivity index (χ1v) is 10.1. The van der Waals surface area contributed by atoms with E-state index in [1.807, 2.05) is 0 Å². The number of hydrogen-bond donors (Lipinski definition) is 2. The van der Waals surface area contributed by atoms with E-state index in [-0.39, 0.29) is 46.5 Å². The molecule has 1 unspecified atom stereocenters. The molecule has 1 atom stereocenters. The fraction of sp³-hybridized carbons (Fsp3) is 0.160. The van der Waals surface area contributed by atoms with E-state index in [2.05, 4.69) is 27.6 Å². The number of carbonyl (C=O) groups excluding carboxylic acids is 1. The highest BCUT2D eigenvalue weighted by Gasteiger charge is 2.24. The van der Waals surface area contributed by atoms with Crippen LogP contribution >= 0.6 is 0 Å². The summed E-state index contributed by atoms with van der Waals surface area (Å²) >= 11 is 0. The second-order valence-electron chi connectivity index (χ2n) is 7.05. The highest BCUT2D eigenvalue weighted by atomic mass is 16.5. The van der Waals surface area contributed by atoms with Gasteiger partial charge in [-0.25, -0.2) is 19.7 Å². The number of allylic oxidation sites excluding steroid dienone is 6. The van der Waals surface area contributed by atoms with Crippen molar-refractivity contribution in [2.45, 2.75) is 13.3 Å². The number of aliphatic hydroxyl groups excluding tert-OH is 1. The largest absolute Gasteiger partial charge is 0.507 e. The van der Waals surface area contributed by atoms with E-state index in [9.17, 15) is 20.3 Å². The number of benzene rings is 1. The number of ether oxygens (including phenoxy) is 1. The van der Waals surface area contributed by atoms with Crippen LogP contribution in [0.3, 0.4) is 0 Å². The minimum absolute atomic E-state index is 0.0370. The van der Waals surface area contributed by atoms with Crippen LogP contribution in [0, 0.1) is 17.2 Å². The van der Waals surface area contributed by atoms with Crippen LogP contribution in [0.5, 0.6) is 5.75 Å². The van der Waals surface area contributed by atoms with Gasteiger partial charge in [-0.1, -0.05) is 36.9 Å². The number of hydrogen-bond acceptors (Lipinski definition) is 8. The topological polar surface area (TPSA) is 129 Å². The Morgan fingerprint density at radius 1 is 1.27 bits per heavy atom. The first-order chi connectivity index (χ1) is 15.9. The van der Waals surface area contributed by atoms with E-state index in [1.165, 1.54) is 31.4 Å². The molecule has 0 aliphatic heterocycles. The number of carbonyl (C=O) groups is 1. The van der Waals surface area contributed by atoms with E-state index < -0.39 is 11.9 Å². The average Bonchev–Trinajstić information content (AvgIpc) is 2.84. The van der Waals surface area contributed by atoms with Crippen molar-refractivity contribution in [2.75, 3.05) is 7.11 Å². The van der Waals surface area contributed by atoms with Crippen LogP contribution in [0.15, 0.2) is 72.6 Å². The van der Waals surface area contributed by atoms with Gasteiger partial charge in [0.1, 0.15) is 11.5 Å². The summed E-state index contributed by atoms with van der Waals surface area (Å²) in [5.74, 6) is -0.836. The molecule has 0 radical (unpaired) electrons. The molecule has 0 saturated heterocycles. The molecule has 1 aliphatic carbocycles. The van der Waals surface area contributed by atoms with Crippen LogP contribution in [0.25, 0.3) is 22.5 Å². The zero-order chi connectivity index (χ0) is 24.0. The Morgan fingerprint density at radius 2 is 2.00 bits per heavy atom. The quantitative estimate of drug-likeness (QED) is 0.385. The molecule has 2 aromatic rings. The first kappa shape index (κ1) is 23.2. The Morgan fingerprint density at radius 3 is 2.64 bits per heavy atom. The highest BCUT2D eigenvalue weighted by molar-refractivity contribution is 5.95. The molecular weight excluding hydrogens is 420 g/mol. The molecular formula is C25H22N4O4. The predicted molar refractivity (Wildman–Crippen MR) is 123 cm³/mol. The van der Waals surface area contributed by atoms with Crippen molar-refractivity contribution in [1.82, 2.24) is 15.0 Å². The lowest BCUT2D eigenvalue weighted by atomic mass is 9.90. The van der Waals surface area contributed by atoms with Gasteiger partial charge >= 0.3 is 5.97 Å². The highest BCUT2D eigenvalue weighted by Crippen LogP contribution is 2.32. The van der Waals surface area contributed by atoms with Crippen molar-refractivity contribution in [3.05, 3.63) is 84.2 Å². The van der Waals surface area contributed by atoms with Gasteiger partial charge in [-0.15, -0.1) is 0 Å². The Bertz CT molecular complexity index is 1270. The Balaban J connectivity index is 2.28. The number of phenols is 1. The standard InChI is InChI=1S/C25H22N4O4/c1-4-8-20(30)18(5-2)23-27-22(28-24(29-23)19-9-6-7-10-21(19)31)16-11-15(14-26)12-17(13-16)25(32)33-3/h4-10,12-13,15,30-31H,2,11H2,1,3H3/b8-4-,20-18-. The number of aromatic hydroxyl groups is 1. The normalized spacial score (nSPS) is 16.3. The minimum atomic E-state index is -0.585.